The van der Waals surface area contributed by atoms with Crippen molar-refractivity contribution < 1.29 is 24.2 Å². The van der Waals surface area contributed by atoms with Crippen LogP contribution in [-0.2, 0) is 16.1 Å². The fraction of sp³-hybridized carbons (Fsp3) is 0.290. The molecule has 1 unspecified atom stereocenters. The van der Waals surface area contributed by atoms with Crippen molar-refractivity contribution in [1.82, 2.24) is 4.90 Å². The minimum Gasteiger partial charge on any atom is -0.507 e. The lowest BCUT2D eigenvalue weighted by molar-refractivity contribution is -0.140. The van der Waals surface area contributed by atoms with E-state index in [2.05, 4.69) is 0 Å². The molecule has 1 aliphatic rings. The molecule has 0 radical (unpaired) electrons. The lowest BCUT2D eigenvalue weighted by Gasteiger charge is -2.28. The Morgan fingerprint density at radius 3 is 2.35 bits per heavy atom. The third kappa shape index (κ3) is 5.38. The summed E-state index contributed by atoms with van der Waals surface area (Å²) in [5.74, 6) is -0.295. The number of nitrogens with zero attached hydrogens (tertiary/aromatic N) is 1. The zero-order valence-corrected chi connectivity index (χ0v) is 22.2. The molecule has 0 bridgehead atoms. The van der Waals surface area contributed by atoms with Gasteiger partial charge in [-0.2, -0.15) is 0 Å². The number of ether oxygens (including phenoxy) is 2. The first-order valence-electron chi connectivity index (χ1n) is 12.3. The van der Waals surface area contributed by atoms with E-state index in [-0.39, 0.29) is 17.9 Å². The summed E-state index contributed by atoms with van der Waals surface area (Å²) >= 11 is 0. The van der Waals surface area contributed by atoms with Crippen molar-refractivity contribution in [3.8, 4) is 11.5 Å². The molecule has 0 saturated carbocycles. The van der Waals surface area contributed by atoms with Crippen LogP contribution in [0.2, 0.25) is 0 Å². The quantitative estimate of drug-likeness (QED) is 0.252. The minimum atomic E-state index is -0.760. The lowest BCUT2D eigenvalue weighted by Crippen LogP contribution is -2.30. The van der Waals surface area contributed by atoms with Gasteiger partial charge in [-0.1, -0.05) is 48.0 Å². The molecule has 3 aromatic rings. The molecule has 6 nitrogen and oxygen atoms in total. The molecule has 6 heteroatoms. The number of methoxy groups -OCH3 is 1. The van der Waals surface area contributed by atoms with Crippen molar-refractivity contribution in [2.75, 3.05) is 7.11 Å². The summed E-state index contributed by atoms with van der Waals surface area (Å²) in [6, 6.07) is 19.6. The number of benzene rings is 3. The molecular formula is C31H33NO5. The van der Waals surface area contributed by atoms with E-state index in [4.69, 9.17) is 9.47 Å². The molecule has 37 heavy (non-hydrogen) atoms. The Labute approximate surface area is 218 Å². The van der Waals surface area contributed by atoms with E-state index in [0.717, 1.165) is 22.3 Å². The number of ketones is 1. The summed E-state index contributed by atoms with van der Waals surface area (Å²) in [4.78, 5) is 28.5. The first-order valence-corrected chi connectivity index (χ1v) is 12.3. The van der Waals surface area contributed by atoms with Gasteiger partial charge in [0.2, 0.25) is 0 Å². The van der Waals surface area contributed by atoms with Crippen molar-refractivity contribution in [3.63, 3.8) is 0 Å². The molecule has 4 rings (SSSR count). The monoisotopic (exact) mass is 499 g/mol. The van der Waals surface area contributed by atoms with Crippen molar-refractivity contribution in [2.45, 2.75) is 52.8 Å². The van der Waals surface area contributed by atoms with Crippen molar-refractivity contribution >= 4 is 17.4 Å². The van der Waals surface area contributed by atoms with Crippen LogP contribution in [0.3, 0.4) is 0 Å². The predicted molar refractivity (Wildman–Crippen MR) is 144 cm³/mol. The number of likely N-dealkylation sites (tertiary alicyclic amines) is 1. The van der Waals surface area contributed by atoms with Crippen LogP contribution >= 0.6 is 0 Å². The van der Waals surface area contributed by atoms with Gasteiger partial charge in [0, 0.05) is 11.1 Å². The number of Topliss-reactive ketones (excluding diaryl/α,β-unsaturated/α-hetero) is 1. The summed E-state index contributed by atoms with van der Waals surface area (Å²) in [7, 11) is 1.57. The van der Waals surface area contributed by atoms with Crippen LogP contribution < -0.4 is 9.47 Å². The van der Waals surface area contributed by atoms with Gasteiger partial charge in [0.1, 0.15) is 22.9 Å². The first-order chi connectivity index (χ1) is 17.5. The summed E-state index contributed by atoms with van der Waals surface area (Å²) in [6.45, 7) is 9.80. The van der Waals surface area contributed by atoms with Crippen molar-refractivity contribution in [2.24, 2.45) is 0 Å². The highest BCUT2D eigenvalue weighted by atomic mass is 16.5. The Morgan fingerprint density at radius 2 is 1.70 bits per heavy atom. The second kappa shape index (κ2) is 10.1. The Morgan fingerprint density at radius 1 is 0.973 bits per heavy atom. The van der Waals surface area contributed by atoms with Gasteiger partial charge in [-0.25, -0.2) is 0 Å². The maximum atomic E-state index is 13.5. The molecule has 1 aliphatic heterocycles. The van der Waals surface area contributed by atoms with E-state index in [1.807, 2.05) is 83.1 Å². The molecule has 1 heterocycles. The Bertz CT molecular complexity index is 1380. The Kier molecular flexibility index (Phi) is 7.12. The molecule has 1 amide bonds. The van der Waals surface area contributed by atoms with Crippen LogP contribution in [0.1, 0.15) is 54.6 Å². The molecule has 1 N–H and O–H groups in total. The number of aryl methyl sites for hydroxylation is 2. The number of hydrogen-bond acceptors (Lipinski definition) is 5. The summed E-state index contributed by atoms with van der Waals surface area (Å²) < 4.78 is 11.4. The third-order valence-electron chi connectivity index (χ3n) is 6.32. The molecule has 192 valence electrons. The number of carbonyl (C=O) groups is 2. The van der Waals surface area contributed by atoms with Gasteiger partial charge in [-0.05, 0) is 70.0 Å². The number of carbonyl (C=O) groups excluding carboxylic acids is 2. The van der Waals surface area contributed by atoms with E-state index in [9.17, 15) is 14.7 Å². The first kappa shape index (κ1) is 26.0. The molecule has 1 fully saturated rings. The predicted octanol–water partition coefficient (Wildman–Crippen LogP) is 6.11. The van der Waals surface area contributed by atoms with E-state index < -0.39 is 23.3 Å². The third-order valence-corrected chi connectivity index (χ3v) is 6.32. The van der Waals surface area contributed by atoms with Gasteiger partial charge < -0.3 is 19.5 Å². The number of aliphatic hydroxyl groups is 1. The number of rotatable bonds is 6. The largest absolute Gasteiger partial charge is 0.507 e. The normalized spacial score (nSPS) is 17.2. The minimum absolute atomic E-state index is 0.0677. The van der Waals surface area contributed by atoms with Gasteiger partial charge in [0.15, 0.2) is 0 Å². The standard InChI is InChI=1S/C31H33NO5/c1-19-10-9-12-21(16-19)27-26(28(33)24-15-14-23(36-6)17-20(24)2)29(34)30(35)32(27)18-22-11-7-8-13-25(22)37-31(3,4)5/h7-17,27,33H,18H2,1-6H3/b28-26-. The fourth-order valence-electron chi connectivity index (χ4n) is 4.65. The number of hydrogen-bond donors (Lipinski definition) is 1. The molecule has 1 saturated heterocycles. The zero-order valence-electron chi connectivity index (χ0n) is 22.2. The second-order valence-electron chi connectivity index (χ2n) is 10.3. The lowest BCUT2D eigenvalue weighted by atomic mass is 9.93. The van der Waals surface area contributed by atoms with E-state index >= 15 is 0 Å². The molecule has 0 aromatic heterocycles. The van der Waals surface area contributed by atoms with Crippen LogP contribution in [0.15, 0.2) is 72.3 Å². The van der Waals surface area contributed by atoms with Crippen molar-refractivity contribution in [3.05, 3.63) is 100 Å². The number of aliphatic hydroxyl groups excluding tert-OH is 1. The summed E-state index contributed by atoms with van der Waals surface area (Å²) in [6.07, 6.45) is 0. The average molecular weight is 500 g/mol. The number of para-hydroxylation sites is 1. The highest BCUT2D eigenvalue weighted by molar-refractivity contribution is 6.46. The molecule has 3 aromatic carbocycles. The van der Waals surface area contributed by atoms with Gasteiger partial charge in [-0.3, -0.25) is 9.59 Å². The molecule has 0 spiro atoms. The van der Waals surface area contributed by atoms with Gasteiger partial charge in [-0.15, -0.1) is 0 Å². The van der Waals surface area contributed by atoms with Crippen LogP contribution in [0.5, 0.6) is 11.5 Å². The van der Waals surface area contributed by atoms with E-state index in [0.29, 0.717) is 17.1 Å². The van der Waals surface area contributed by atoms with Gasteiger partial charge in [0.25, 0.3) is 11.7 Å². The SMILES string of the molecule is COc1ccc(/C(O)=C2/C(=O)C(=O)N(Cc3ccccc3OC(C)(C)C)C2c2cccc(C)c2)c(C)c1. The highest BCUT2D eigenvalue weighted by Crippen LogP contribution is 2.42. The second-order valence-corrected chi connectivity index (χ2v) is 10.3. The van der Waals surface area contributed by atoms with Crippen LogP contribution in [-0.4, -0.2) is 34.4 Å². The highest BCUT2D eigenvalue weighted by Gasteiger charge is 2.46. The fourth-order valence-corrected chi connectivity index (χ4v) is 4.65. The maximum Gasteiger partial charge on any atom is 0.295 e. The summed E-state index contributed by atoms with van der Waals surface area (Å²) in [5, 5.41) is 11.5. The number of amides is 1. The Hall–Kier alpha value is -4.06. The van der Waals surface area contributed by atoms with Gasteiger partial charge >= 0.3 is 0 Å². The molecule has 0 aliphatic carbocycles. The van der Waals surface area contributed by atoms with Crippen LogP contribution in [0.4, 0.5) is 0 Å². The Balaban J connectivity index is 1.87. The maximum absolute atomic E-state index is 13.5. The van der Waals surface area contributed by atoms with E-state index in [1.165, 1.54) is 4.90 Å². The van der Waals surface area contributed by atoms with Crippen molar-refractivity contribution in [1.29, 1.82) is 0 Å². The van der Waals surface area contributed by atoms with Crippen LogP contribution in [0.25, 0.3) is 5.76 Å². The van der Waals surface area contributed by atoms with Gasteiger partial charge in [0.05, 0.1) is 25.3 Å². The molecule has 1 atom stereocenters. The van der Waals surface area contributed by atoms with Crippen LogP contribution in [0, 0.1) is 13.8 Å². The average Bonchev–Trinajstić information content (AvgIpc) is 3.09. The van der Waals surface area contributed by atoms with E-state index in [1.54, 1.807) is 25.3 Å². The summed E-state index contributed by atoms with van der Waals surface area (Å²) in [5.41, 5.74) is 3.35. The molecular weight excluding hydrogens is 466 g/mol. The zero-order chi connectivity index (χ0) is 26.9. The topological polar surface area (TPSA) is 76.1 Å². The smallest absolute Gasteiger partial charge is 0.295 e.